The zero-order chi connectivity index (χ0) is 13.3. The van der Waals surface area contributed by atoms with Crippen molar-refractivity contribution in [2.75, 3.05) is 0 Å². The van der Waals surface area contributed by atoms with Gasteiger partial charge in [-0.3, -0.25) is 0 Å². The van der Waals surface area contributed by atoms with Crippen molar-refractivity contribution in [2.45, 2.75) is 11.8 Å². The third kappa shape index (κ3) is 2.38. The third-order valence-electron chi connectivity index (χ3n) is 2.15. The van der Waals surface area contributed by atoms with Gasteiger partial charge in [0.1, 0.15) is 11.6 Å². The van der Waals surface area contributed by atoms with Crippen LogP contribution in [0.1, 0.15) is 17.9 Å². The molecule has 0 saturated carbocycles. The van der Waals surface area contributed by atoms with Gasteiger partial charge in [-0.2, -0.15) is 8.78 Å². The maximum atomic E-state index is 13.5. The number of halogens is 5. The second-order valence-corrected chi connectivity index (χ2v) is 3.86. The van der Waals surface area contributed by atoms with Gasteiger partial charge in [-0.1, -0.05) is 15.9 Å². The minimum atomic E-state index is -2.93. The van der Waals surface area contributed by atoms with E-state index in [1.807, 2.05) is 0 Å². The molecule has 1 aromatic carbocycles. The van der Waals surface area contributed by atoms with Crippen molar-refractivity contribution in [3.8, 4) is 11.5 Å². The molecule has 0 aliphatic heterocycles. The number of alkyl halides is 3. The molecule has 18 heavy (non-hydrogen) atoms. The average Bonchev–Trinajstić information content (AvgIpc) is 2.77. The summed E-state index contributed by atoms with van der Waals surface area (Å²) in [5.74, 6) is -2.89. The summed E-state index contributed by atoms with van der Waals surface area (Å²) in [7, 11) is 0. The van der Waals surface area contributed by atoms with Gasteiger partial charge in [-0.05, 0) is 12.1 Å². The molecule has 0 aliphatic carbocycles. The number of benzene rings is 1. The Kier molecular flexibility index (Phi) is 3.65. The van der Waals surface area contributed by atoms with Gasteiger partial charge < -0.3 is 4.42 Å². The molecule has 1 heterocycles. The van der Waals surface area contributed by atoms with Crippen LogP contribution in [0, 0.1) is 11.6 Å². The predicted molar refractivity (Wildman–Crippen MR) is 57.2 cm³/mol. The Labute approximate surface area is 107 Å². The van der Waals surface area contributed by atoms with E-state index >= 15 is 0 Å². The maximum absolute atomic E-state index is 13.5. The van der Waals surface area contributed by atoms with Gasteiger partial charge >= 0.3 is 6.43 Å². The molecule has 1 aromatic heterocycles. The molecule has 0 unspecified atom stereocenters. The first-order valence-electron chi connectivity index (χ1n) is 4.68. The summed E-state index contributed by atoms with van der Waals surface area (Å²) in [6.45, 7) is 0. The summed E-state index contributed by atoms with van der Waals surface area (Å²) in [5.41, 5.74) is -0.249. The van der Waals surface area contributed by atoms with E-state index in [0.29, 0.717) is 0 Å². The van der Waals surface area contributed by atoms with E-state index < -0.39 is 24.0 Å². The lowest BCUT2D eigenvalue weighted by Gasteiger charge is -2.02. The van der Waals surface area contributed by atoms with E-state index in [2.05, 4.69) is 30.5 Å². The molecule has 0 saturated heterocycles. The number of rotatable bonds is 3. The molecule has 2 rings (SSSR count). The summed E-state index contributed by atoms with van der Waals surface area (Å²) >= 11 is 2.93. The molecule has 2 aromatic rings. The SMILES string of the molecule is Fc1cc(-c2nnc(C(F)F)o2)cc(F)c1CBr. The fourth-order valence-corrected chi connectivity index (χ4v) is 1.83. The van der Waals surface area contributed by atoms with Crippen LogP contribution in [0.5, 0.6) is 0 Å². The Morgan fingerprint density at radius 2 is 1.78 bits per heavy atom. The maximum Gasteiger partial charge on any atom is 0.314 e. The molecular weight excluding hydrogens is 320 g/mol. The number of hydrogen-bond acceptors (Lipinski definition) is 3. The second kappa shape index (κ2) is 5.05. The zero-order valence-corrected chi connectivity index (χ0v) is 10.2. The van der Waals surface area contributed by atoms with Crippen molar-refractivity contribution >= 4 is 15.9 Å². The monoisotopic (exact) mass is 324 g/mol. The standard InChI is InChI=1S/C10H5BrF4N2O/c11-3-5-6(12)1-4(2-7(5)13)9-16-17-10(18-9)8(14)15/h1-2,8H,3H2. The highest BCUT2D eigenvalue weighted by atomic mass is 79.9. The lowest BCUT2D eigenvalue weighted by atomic mass is 10.1. The van der Waals surface area contributed by atoms with Crippen molar-refractivity contribution in [1.82, 2.24) is 10.2 Å². The van der Waals surface area contributed by atoms with Crippen LogP contribution >= 0.6 is 15.9 Å². The second-order valence-electron chi connectivity index (χ2n) is 3.30. The van der Waals surface area contributed by atoms with Crippen molar-refractivity contribution in [2.24, 2.45) is 0 Å². The van der Waals surface area contributed by atoms with Crippen LogP contribution in [0.2, 0.25) is 0 Å². The van der Waals surface area contributed by atoms with Crippen LogP contribution in [-0.4, -0.2) is 10.2 Å². The minimum absolute atomic E-state index is 0.00291. The number of nitrogens with zero attached hydrogens (tertiary/aromatic N) is 2. The fraction of sp³-hybridized carbons (Fsp3) is 0.200. The quantitative estimate of drug-likeness (QED) is 0.636. The van der Waals surface area contributed by atoms with E-state index in [0.717, 1.165) is 12.1 Å². The molecule has 0 atom stereocenters. The summed E-state index contributed by atoms with van der Waals surface area (Å²) < 4.78 is 56.0. The van der Waals surface area contributed by atoms with Crippen LogP contribution in [-0.2, 0) is 5.33 Å². The van der Waals surface area contributed by atoms with Crippen LogP contribution < -0.4 is 0 Å². The van der Waals surface area contributed by atoms with Crippen LogP contribution in [0.4, 0.5) is 17.6 Å². The summed E-state index contributed by atoms with van der Waals surface area (Å²) in [4.78, 5) is 0. The van der Waals surface area contributed by atoms with E-state index in [4.69, 9.17) is 0 Å². The number of aromatic nitrogens is 2. The van der Waals surface area contributed by atoms with Gasteiger partial charge in [0.2, 0.25) is 5.89 Å². The molecular formula is C10H5BrF4N2O. The van der Waals surface area contributed by atoms with Crippen molar-refractivity contribution in [3.63, 3.8) is 0 Å². The average molecular weight is 325 g/mol. The highest BCUT2D eigenvalue weighted by Gasteiger charge is 2.19. The Hall–Kier alpha value is -1.44. The largest absolute Gasteiger partial charge is 0.415 e. The predicted octanol–water partition coefficient (Wildman–Crippen LogP) is 3.85. The molecule has 0 aliphatic rings. The smallest absolute Gasteiger partial charge is 0.314 e. The first-order chi connectivity index (χ1) is 8.52. The van der Waals surface area contributed by atoms with Crippen LogP contribution in [0.25, 0.3) is 11.5 Å². The van der Waals surface area contributed by atoms with Gasteiger partial charge in [0.05, 0.1) is 0 Å². The molecule has 0 N–H and O–H groups in total. The van der Waals surface area contributed by atoms with Gasteiger partial charge in [0.25, 0.3) is 5.89 Å². The Bertz CT molecular complexity index is 550. The third-order valence-corrected chi connectivity index (χ3v) is 2.71. The van der Waals surface area contributed by atoms with E-state index in [-0.39, 0.29) is 22.3 Å². The van der Waals surface area contributed by atoms with E-state index in [9.17, 15) is 17.6 Å². The van der Waals surface area contributed by atoms with Gasteiger partial charge in [-0.15, -0.1) is 10.2 Å². The lowest BCUT2D eigenvalue weighted by Crippen LogP contribution is -1.93. The normalized spacial score (nSPS) is 11.2. The van der Waals surface area contributed by atoms with Crippen LogP contribution in [0.3, 0.4) is 0 Å². The highest BCUT2D eigenvalue weighted by Crippen LogP contribution is 2.27. The minimum Gasteiger partial charge on any atom is -0.415 e. The summed E-state index contributed by atoms with van der Waals surface area (Å²) in [6.07, 6.45) is -2.93. The Morgan fingerprint density at radius 1 is 1.17 bits per heavy atom. The number of hydrogen-bond donors (Lipinski definition) is 0. The Morgan fingerprint density at radius 3 is 2.22 bits per heavy atom. The molecule has 0 spiro atoms. The van der Waals surface area contributed by atoms with Crippen molar-refractivity contribution in [1.29, 1.82) is 0 Å². The molecule has 0 fully saturated rings. The van der Waals surface area contributed by atoms with Crippen molar-refractivity contribution in [3.05, 3.63) is 35.2 Å². The summed E-state index contributed by atoms with van der Waals surface area (Å²) in [5, 5.41) is 6.37. The van der Waals surface area contributed by atoms with E-state index in [1.54, 1.807) is 0 Å². The molecule has 0 amide bonds. The van der Waals surface area contributed by atoms with Gasteiger partial charge in [0.15, 0.2) is 0 Å². The summed E-state index contributed by atoms with van der Waals surface area (Å²) in [6, 6.07) is 1.89. The van der Waals surface area contributed by atoms with Gasteiger partial charge in [0, 0.05) is 16.5 Å². The topological polar surface area (TPSA) is 38.9 Å². The molecule has 96 valence electrons. The first-order valence-corrected chi connectivity index (χ1v) is 5.81. The highest BCUT2D eigenvalue weighted by molar-refractivity contribution is 9.08. The Balaban J connectivity index is 2.44. The molecule has 0 radical (unpaired) electrons. The molecule has 8 heteroatoms. The van der Waals surface area contributed by atoms with Crippen LogP contribution in [0.15, 0.2) is 16.5 Å². The zero-order valence-electron chi connectivity index (χ0n) is 8.63. The molecule has 3 nitrogen and oxygen atoms in total. The van der Waals surface area contributed by atoms with Gasteiger partial charge in [-0.25, -0.2) is 8.78 Å². The lowest BCUT2D eigenvalue weighted by molar-refractivity contribution is 0.116. The van der Waals surface area contributed by atoms with E-state index in [1.165, 1.54) is 0 Å². The molecule has 0 bridgehead atoms. The fourth-order valence-electron chi connectivity index (χ4n) is 1.29. The van der Waals surface area contributed by atoms with Crippen molar-refractivity contribution < 1.29 is 22.0 Å². The first kappa shape index (κ1) is 13.0.